The number of rotatable bonds is 2. The molecule has 0 radical (unpaired) electrons. The number of halogens is 1. The zero-order chi connectivity index (χ0) is 15.0. The molecule has 0 unspecified atom stereocenters. The summed E-state index contributed by atoms with van der Waals surface area (Å²) in [5, 5.41) is 0.842. The quantitative estimate of drug-likeness (QED) is 0.735. The molecule has 1 aromatic carbocycles. The van der Waals surface area contributed by atoms with Gasteiger partial charge in [0.1, 0.15) is 5.58 Å². The average molecular weight is 284 g/mol. The van der Waals surface area contributed by atoms with E-state index in [0.29, 0.717) is 16.7 Å². The Bertz CT molecular complexity index is 887. The van der Waals surface area contributed by atoms with E-state index in [9.17, 15) is 9.18 Å². The van der Waals surface area contributed by atoms with E-state index in [1.165, 1.54) is 12.3 Å². The fourth-order valence-electron chi connectivity index (χ4n) is 2.38. The molecule has 21 heavy (non-hydrogen) atoms. The second-order valence-corrected chi connectivity index (χ2v) is 4.84. The fourth-order valence-corrected chi connectivity index (χ4v) is 2.38. The molecule has 0 atom stereocenters. The molecule has 0 fully saturated rings. The Balaban J connectivity index is 2.17. The van der Waals surface area contributed by atoms with Crippen molar-refractivity contribution in [2.75, 3.05) is 5.73 Å². The predicted octanol–water partition coefficient (Wildman–Crippen LogP) is 2.81. The van der Waals surface area contributed by atoms with Gasteiger partial charge in [-0.3, -0.25) is 0 Å². The van der Waals surface area contributed by atoms with Crippen LogP contribution in [0.1, 0.15) is 16.7 Å². The van der Waals surface area contributed by atoms with Crippen molar-refractivity contribution in [1.82, 2.24) is 4.98 Å². The second kappa shape index (κ2) is 5.01. The number of hydrogen-bond donors (Lipinski definition) is 1. The number of pyridine rings is 1. The SMILES string of the molecule is Cc1c(Cc2ccnc(N)c2F)c(=O)oc2ccccc12. The number of hydrogen-bond acceptors (Lipinski definition) is 4. The number of nitrogens with two attached hydrogens (primary N) is 1. The van der Waals surface area contributed by atoms with Crippen LogP contribution in [0.15, 0.2) is 45.7 Å². The first-order valence-electron chi connectivity index (χ1n) is 6.48. The molecule has 2 heterocycles. The molecule has 0 aliphatic heterocycles. The summed E-state index contributed by atoms with van der Waals surface area (Å²) in [6, 6.07) is 8.78. The molecule has 0 saturated heterocycles. The van der Waals surface area contributed by atoms with Crippen LogP contribution in [0.25, 0.3) is 11.0 Å². The van der Waals surface area contributed by atoms with Crippen LogP contribution in [0, 0.1) is 12.7 Å². The van der Waals surface area contributed by atoms with Gasteiger partial charge in [0, 0.05) is 23.6 Å². The number of nitrogen functional groups attached to an aromatic ring is 1. The molecule has 2 aromatic heterocycles. The smallest absolute Gasteiger partial charge is 0.340 e. The first kappa shape index (κ1) is 13.3. The highest BCUT2D eigenvalue weighted by atomic mass is 19.1. The molecule has 0 aliphatic rings. The highest BCUT2D eigenvalue weighted by molar-refractivity contribution is 5.80. The number of benzene rings is 1. The monoisotopic (exact) mass is 284 g/mol. The van der Waals surface area contributed by atoms with Crippen molar-refractivity contribution in [3.8, 4) is 0 Å². The van der Waals surface area contributed by atoms with E-state index in [2.05, 4.69) is 4.98 Å². The second-order valence-electron chi connectivity index (χ2n) is 4.84. The summed E-state index contributed by atoms with van der Waals surface area (Å²) in [4.78, 5) is 15.8. The predicted molar refractivity (Wildman–Crippen MR) is 78.6 cm³/mol. The Morgan fingerprint density at radius 3 is 2.86 bits per heavy atom. The Labute approximate surface area is 120 Å². The van der Waals surface area contributed by atoms with Crippen LogP contribution in [-0.2, 0) is 6.42 Å². The summed E-state index contributed by atoms with van der Waals surface area (Å²) in [5.74, 6) is -0.764. The van der Waals surface area contributed by atoms with Gasteiger partial charge in [0.25, 0.3) is 0 Å². The van der Waals surface area contributed by atoms with Crippen molar-refractivity contribution >= 4 is 16.8 Å². The lowest BCUT2D eigenvalue weighted by Crippen LogP contribution is -2.12. The highest BCUT2D eigenvalue weighted by Crippen LogP contribution is 2.22. The van der Waals surface area contributed by atoms with Crippen LogP contribution in [0.3, 0.4) is 0 Å². The van der Waals surface area contributed by atoms with Gasteiger partial charge in [-0.15, -0.1) is 0 Å². The van der Waals surface area contributed by atoms with E-state index in [4.69, 9.17) is 10.2 Å². The lowest BCUT2D eigenvalue weighted by Gasteiger charge is -2.08. The summed E-state index contributed by atoms with van der Waals surface area (Å²) in [7, 11) is 0. The van der Waals surface area contributed by atoms with Gasteiger partial charge < -0.3 is 10.2 Å². The van der Waals surface area contributed by atoms with Crippen molar-refractivity contribution in [2.45, 2.75) is 13.3 Å². The van der Waals surface area contributed by atoms with E-state index >= 15 is 0 Å². The lowest BCUT2D eigenvalue weighted by molar-refractivity contribution is 0.549. The summed E-state index contributed by atoms with van der Waals surface area (Å²) in [6.07, 6.45) is 1.54. The maximum Gasteiger partial charge on any atom is 0.340 e. The molecule has 0 bridgehead atoms. The molecule has 3 aromatic rings. The van der Waals surface area contributed by atoms with Crippen molar-refractivity contribution in [3.05, 3.63) is 69.5 Å². The number of para-hydroxylation sites is 1. The minimum absolute atomic E-state index is 0.123. The number of fused-ring (bicyclic) bond motifs is 1. The third-order valence-electron chi connectivity index (χ3n) is 3.56. The van der Waals surface area contributed by atoms with Crippen LogP contribution in [-0.4, -0.2) is 4.98 Å². The molecule has 0 spiro atoms. The van der Waals surface area contributed by atoms with E-state index in [-0.39, 0.29) is 12.2 Å². The Morgan fingerprint density at radius 2 is 2.05 bits per heavy atom. The molecule has 4 nitrogen and oxygen atoms in total. The van der Waals surface area contributed by atoms with Crippen LogP contribution in [0.4, 0.5) is 10.2 Å². The first-order chi connectivity index (χ1) is 10.1. The van der Waals surface area contributed by atoms with E-state index in [1.54, 1.807) is 12.1 Å². The van der Waals surface area contributed by atoms with Crippen molar-refractivity contribution in [3.63, 3.8) is 0 Å². The average Bonchev–Trinajstić information content (AvgIpc) is 2.47. The minimum atomic E-state index is -0.593. The van der Waals surface area contributed by atoms with E-state index in [1.807, 2.05) is 19.1 Å². The Hall–Kier alpha value is -2.69. The van der Waals surface area contributed by atoms with Gasteiger partial charge in [-0.25, -0.2) is 14.2 Å². The molecule has 0 saturated carbocycles. The fraction of sp³-hybridized carbons (Fsp3) is 0.125. The van der Waals surface area contributed by atoms with Gasteiger partial charge in [0.2, 0.25) is 0 Å². The number of aromatic nitrogens is 1. The minimum Gasteiger partial charge on any atom is -0.423 e. The summed E-state index contributed by atoms with van der Waals surface area (Å²) in [6.45, 7) is 1.83. The zero-order valence-corrected chi connectivity index (χ0v) is 11.4. The maximum atomic E-state index is 13.9. The Morgan fingerprint density at radius 1 is 1.29 bits per heavy atom. The molecular weight excluding hydrogens is 271 g/mol. The third-order valence-corrected chi connectivity index (χ3v) is 3.56. The highest BCUT2D eigenvalue weighted by Gasteiger charge is 2.15. The molecule has 5 heteroatoms. The van der Waals surface area contributed by atoms with Gasteiger partial charge in [-0.1, -0.05) is 18.2 Å². The van der Waals surface area contributed by atoms with Gasteiger partial charge >= 0.3 is 5.63 Å². The van der Waals surface area contributed by atoms with Gasteiger partial charge in [-0.05, 0) is 30.2 Å². The van der Waals surface area contributed by atoms with E-state index < -0.39 is 11.4 Å². The van der Waals surface area contributed by atoms with Gasteiger partial charge in [0.05, 0.1) is 0 Å². The first-order valence-corrected chi connectivity index (χ1v) is 6.48. The number of aryl methyl sites for hydroxylation is 1. The standard InChI is InChI=1S/C16H13FN2O2/c1-9-11-4-2-3-5-13(11)21-16(20)12(9)8-10-6-7-19-15(18)14(10)17/h2-7H,8H2,1H3,(H2,18,19). The number of anilines is 1. The molecule has 0 aliphatic carbocycles. The van der Waals surface area contributed by atoms with Crippen LogP contribution in [0.2, 0.25) is 0 Å². The topological polar surface area (TPSA) is 69.1 Å². The van der Waals surface area contributed by atoms with Crippen LogP contribution in [0.5, 0.6) is 0 Å². The largest absolute Gasteiger partial charge is 0.423 e. The molecular formula is C16H13FN2O2. The van der Waals surface area contributed by atoms with Gasteiger partial charge in [-0.2, -0.15) is 0 Å². The van der Waals surface area contributed by atoms with Crippen molar-refractivity contribution in [1.29, 1.82) is 0 Å². The molecule has 106 valence electrons. The molecule has 0 amide bonds. The lowest BCUT2D eigenvalue weighted by atomic mass is 10.00. The van der Waals surface area contributed by atoms with E-state index in [0.717, 1.165) is 10.9 Å². The molecule has 3 rings (SSSR count). The normalized spacial score (nSPS) is 11.0. The Kier molecular flexibility index (Phi) is 3.17. The van der Waals surface area contributed by atoms with Crippen molar-refractivity contribution < 1.29 is 8.81 Å². The van der Waals surface area contributed by atoms with Gasteiger partial charge in [0.15, 0.2) is 11.6 Å². The summed E-state index contributed by atoms with van der Waals surface area (Å²) >= 11 is 0. The zero-order valence-electron chi connectivity index (χ0n) is 11.4. The summed E-state index contributed by atoms with van der Waals surface area (Å²) < 4.78 is 19.2. The van der Waals surface area contributed by atoms with Crippen LogP contribution >= 0.6 is 0 Å². The van der Waals surface area contributed by atoms with Crippen LogP contribution < -0.4 is 11.4 Å². The number of nitrogens with zero attached hydrogens (tertiary/aromatic N) is 1. The molecule has 2 N–H and O–H groups in total. The summed E-state index contributed by atoms with van der Waals surface area (Å²) in [5.41, 5.74) is 7.07. The third kappa shape index (κ3) is 2.27. The maximum absolute atomic E-state index is 13.9. The van der Waals surface area contributed by atoms with Crippen molar-refractivity contribution in [2.24, 2.45) is 0 Å².